The van der Waals surface area contributed by atoms with Crippen LogP contribution in [-0.4, -0.2) is 47.2 Å². The maximum Gasteiger partial charge on any atom is 0.222 e. The number of anilines is 2. The highest BCUT2D eigenvalue weighted by Gasteiger charge is 2.26. The summed E-state index contributed by atoms with van der Waals surface area (Å²) in [7, 11) is 0. The fraction of sp³-hybridized carbons (Fsp3) is 0.474. The molecule has 0 aliphatic carbocycles. The summed E-state index contributed by atoms with van der Waals surface area (Å²) in [6, 6.07) is 6.24. The molecule has 1 aromatic heterocycles. The zero-order chi connectivity index (χ0) is 17.2. The number of carbonyl (C=O) groups is 1. The number of rotatable bonds is 4. The van der Waals surface area contributed by atoms with E-state index in [-0.39, 0.29) is 0 Å². The average Bonchev–Trinajstić information content (AvgIpc) is 3.28. The quantitative estimate of drug-likeness (QED) is 0.839. The standard InChI is InChI=1S/C19H25N5O/c20-17-10-15(16-11-21-22-12-16)3-4-18(17)23-8-5-14(6-9-23)13-24-7-1-2-19(24)25/h3-4,10-12,14H,1-2,5-9,13,20H2,(H,21,22). The Hall–Kier alpha value is -2.50. The van der Waals surface area contributed by atoms with Gasteiger partial charge in [0.05, 0.1) is 17.6 Å². The van der Waals surface area contributed by atoms with E-state index in [2.05, 4.69) is 27.2 Å². The van der Waals surface area contributed by atoms with Gasteiger partial charge in [-0.15, -0.1) is 0 Å². The summed E-state index contributed by atoms with van der Waals surface area (Å²) in [5, 5.41) is 6.83. The summed E-state index contributed by atoms with van der Waals surface area (Å²) in [6.07, 6.45) is 7.67. The molecule has 0 spiro atoms. The number of amides is 1. The van der Waals surface area contributed by atoms with E-state index in [1.807, 2.05) is 17.2 Å². The van der Waals surface area contributed by atoms with Crippen LogP contribution in [0.15, 0.2) is 30.6 Å². The van der Waals surface area contributed by atoms with Crippen molar-refractivity contribution in [2.75, 3.05) is 36.8 Å². The summed E-state index contributed by atoms with van der Waals surface area (Å²) < 4.78 is 0. The second kappa shape index (κ2) is 6.78. The van der Waals surface area contributed by atoms with Crippen LogP contribution in [0.4, 0.5) is 11.4 Å². The Morgan fingerprint density at radius 2 is 2.04 bits per heavy atom. The first-order valence-electron chi connectivity index (χ1n) is 9.12. The summed E-state index contributed by atoms with van der Waals surface area (Å²) in [6.45, 7) is 3.88. The van der Waals surface area contributed by atoms with E-state index in [4.69, 9.17) is 5.73 Å². The number of hydrogen-bond donors (Lipinski definition) is 2. The molecule has 2 saturated heterocycles. The van der Waals surface area contributed by atoms with Gasteiger partial charge in [-0.05, 0) is 42.9 Å². The lowest BCUT2D eigenvalue weighted by Gasteiger charge is -2.35. The van der Waals surface area contributed by atoms with Crippen molar-refractivity contribution in [2.45, 2.75) is 25.7 Å². The van der Waals surface area contributed by atoms with E-state index >= 15 is 0 Å². The maximum absolute atomic E-state index is 11.8. The molecule has 0 radical (unpaired) electrons. The van der Waals surface area contributed by atoms with Crippen molar-refractivity contribution in [1.82, 2.24) is 15.1 Å². The summed E-state index contributed by atoms with van der Waals surface area (Å²) in [5.41, 5.74) is 10.4. The van der Waals surface area contributed by atoms with Gasteiger partial charge in [-0.2, -0.15) is 5.10 Å². The maximum atomic E-state index is 11.8. The van der Waals surface area contributed by atoms with Crippen LogP contribution in [0.2, 0.25) is 0 Å². The van der Waals surface area contributed by atoms with Crippen LogP contribution in [0.25, 0.3) is 11.1 Å². The molecule has 4 rings (SSSR count). The molecule has 25 heavy (non-hydrogen) atoms. The van der Waals surface area contributed by atoms with Crippen LogP contribution in [0.1, 0.15) is 25.7 Å². The number of benzene rings is 1. The second-order valence-corrected chi connectivity index (χ2v) is 7.13. The molecule has 0 saturated carbocycles. The highest BCUT2D eigenvalue weighted by Crippen LogP contribution is 2.32. The molecule has 0 atom stereocenters. The third-order valence-electron chi connectivity index (χ3n) is 5.46. The van der Waals surface area contributed by atoms with Crippen LogP contribution < -0.4 is 10.6 Å². The number of hydrogen-bond acceptors (Lipinski definition) is 4. The fourth-order valence-electron chi connectivity index (χ4n) is 4.00. The molecule has 3 heterocycles. The molecule has 6 nitrogen and oxygen atoms in total. The number of aromatic amines is 1. The third-order valence-corrected chi connectivity index (χ3v) is 5.46. The van der Waals surface area contributed by atoms with Gasteiger partial charge in [0.15, 0.2) is 0 Å². The first-order valence-corrected chi connectivity index (χ1v) is 9.12. The minimum atomic E-state index is 0.335. The topological polar surface area (TPSA) is 78.2 Å². The molecule has 2 aliphatic rings. The zero-order valence-electron chi connectivity index (χ0n) is 14.4. The lowest BCUT2D eigenvalue weighted by atomic mass is 9.95. The smallest absolute Gasteiger partial charge is 0.222 e. The van der Waals surface area contributed by atoms with Crippen molar-refractivity contribution in [1.29, 1.82) is 0 Å². The molecule has 1 amide bonds. The minimum Gasteiger partial charge on any atom is -0.397 e. The highest BCUT2D eigenvalue weighted by molar-refractivity contribution is 5.78. The molecule has 0 bridgehead atoms. The van der Waals surface area contributed by atoms with Crippen molar-refractivity contribution in [2.24, 2.45) is 5.92 Å². The molecule has 132 valence electrons. The van der Waals surface area contributed by atoms with Gasteiger partial charge in [-0.25, -0.2) is 0 Å². The number of nitrogens with two attached hydrogens (primary N) is 1. The molecule has 2 aliphatic heterocycles. The van der Waals surface area contributed by atoms with Gasteiger partial charge in [-0.3, -0.25) is 9.89 Å². The van der Waals surface area contributed by atoms with E-state index in [0.29, 0.717) is 11.8 Å². The number of nitrogens with one attached hydrogen (secondary N) is 1. The van der Waals surface area contributed by atoms with Gasteiger partial charge < -0.3 is 15.5 Å². The Balaban J connectivity index is 1.38. The van der Waals surface area contributed by atoms with Crippen LogP contribution >= 0.6 is 0 Å². The van der Waals surface area contributed by atoms with Crippen molar-refractivity contribution in [3.63, 3.8) is 0 Å². The fourth-order valence-corrected chi connectivity index (χ4v) is 4.00. The number of aromatic nitrogens is 2. The number of carbonyl (C=O) groups excluding carboxylic acids is 1. The van der Waals surface area contributed by atoms with Crippen LogP contribution in [0, 0.1) is 5.92 Å². The van der Waals surface area contributed by atoms with Crippen LogP contribution in [-0.2, 0) is 4.79 Å². The van der Waals surface area contributed by atoms with E-state index in [9.17, 15) is 4.79 Å². The highest BCUT2D eigenvalue weighted by atomic mass is 16.2. The summed E-state index contributed by atoms with van der Waals surface area (Å²) >= 11 is 0. The number of likely N-dealkylation sites (tertiary alicyclic amines) is 1. The predicted molar refractivity (Wildman–Crippen MR) is 99.2 cm³/mol. The zero-order valence-corrected chi connectivity index (χ0v) is 14.4. The lowest BCUT2D eigenvalue weighted by molar-refractivity contribution is -0.128. The van der Waals surface area contributed by atoms with Crippen molar-refractivity contribution in [3.05, 3.63) is 30.6 Å². The molecule has 3 N–H and O–H groups in total. The predicted octanol–water partition coefficient (Wildman–Crippen LogP) is 2.50. The Kier molecular flexibility index (Phi) is 4.34. The SMILES string of the molecule is Nc1cc(-c2cn[nH]c2)ccc1N1CCC(CN2CCCC2=O)CC1. The normalized spacial score (nSPS) is 19.0. The Morgan fingerprint density at radius 1 is 1.20 bits per heavy atom. The summed E-state index contributed by atoms with van der Waals surface area (Å²) in [4.78, 5) is 16.2. The Labute approximate surface area is 148 Å². The summed E-state index contributed by atoms with van der Waals surface area (Å²) in [5.74, 6) is 0.950. The molecule has 1 aromatic carbocycles. The van der Waals surface area contributed by atoms with Crippen LogP contribution in [0.5, 0.6) is 0 Å². The molecule has 6 heteroatoms. The van der Waals surface area contributed by atoms with E-state index in [1.165, 1.54) is 0 Å². The largest absolute Gasteiger partial charge is 0.397 e. The Morgan fingerprint density at radius 3 is 2.68 bits per heavy atom. The molecular formula is C19H25N5O. The minimum absolute atomic E-state index is 0.335. The van der Waals surface area contributed by atoms with E-state index in [1.54, 1.807) is 6.20 Å². The Bertz CT molecular complexity index is 734. The number of nitrogens with zero attached hydrogens (tertiary/aromatic N) is 3. The van der Waals surface area contributed by atoms with Gasteiger partial charge >= 0.3 is 0 Å². The first kappa shape index (κ1) is 16.0. The monoisotopic (exact) mass is 339 g/mol. The molecular weight excluding hydrogens is 314 g/mol. The first-order chi connectivity index (χ1) is 12.2. The van der Waals surface area contributed by atoms with Gasteiger partial charge in [0.2, 0.25) is 5.91 Å². The molecule has 2 fully saturated rings. The second-order valence-electron chi connectivity index (χ2n) is 7.13. The van der Waals surface area contributed by atoms with E-state index < -0.39 is 0 Å². The third kappa shape index (κ3) is 3.34. The number of H-pyrrole nitrogens is 1. The van der Waals surface area contributed by atoms with Crippen LogP contribution in [0.3, 0.4) is 0 Å². The number of nitrogen functional groups attached to an aromatic ring is 1. The van der Waals surface area contributed by atoms with Gasteiger partial charge in [-0.1, -0.05) is 6.07 Å². The average molecular weight is 339 g/mol. The van der Waals surface area contributed by atoms with Gasteiger partial charge in [0.25, 0.3) is 0 Å². The van der Waals surface area contributed by atoms with Gasteiger partial charge in [0, 0.05) is 44.4 Å². The van der Waals surface area contributed by atoms with Gasteiger partial charge in [0.1, 0.15) is 0 Å². The van der Waals surface area contributed by atoms with Crippen molar-refractivity contribution < 1.29 is 4.79 Å². The number of piperidine rings is 1. The van der Waals surface area contributed by atoms with Crippen molar-refractivity contribution in [3.8, 4) is 11.1 Å². The lowest BCUT2D eigenvalue weighted by Crippen LogP contribution is -2.39. The molecule has 2 aromatic rings. The van der Waals surface area contributed by atoms with E-state index in [0.717, 1.165) is 74.4 Å². The molecule has 0 unspecified atom stereocenters. The van der Waals surface area contributed by atoms with Crippen molar-refractivity contribution >= 4 is 17.3 Å².